The van der Waals surface area contributed by atoms with Crippen LogP contribution in [0.4, 0.5) is 0 Å². The number of hydrogen-bond acceptors (Lipinski definition) is 3. The normalized spacial score (nSPS) is 12.1. The standard InChI is InChI=1S/C16H18BrNO2/c1-10-8-11(4-7-14(10)19-2)16(18)13-6-5-12(17)9-15(13)20-3/h4-9,16H,18H2,1-3H3. The highest BCUT2D eigenvalue weighted by atomic mass is 79.9. The van der Waals surface area contributed by atoms with Crippen LogP contribution in [0.25, 0.3) is 0 Å². The lowest BCUT2D eigenvalue weighted by atomic mass is 9.97. The monoisotopic (exact) mass is 335 g/mol. The Morgan fingerprint density at radius 1 is 1.00 bits per heavy atom. The van der Waals surface area contributed by atoms with Gasteiger partial charge in [-0.15, -0.1) is 0 Å². The van der Waals surface area contributed by atoms with Crippen LogP contribution >= 0.6 is 15.9 Å². The lowest BCUT2D eigenvalue weighted by Crippen LogP contribution is -2.13. The summed E-state index contributed by atoms with van der Waals surface area (Å²) >= 11 is 3.44. The Morgan fingerprint density at radius 3 is 2.30 bits per heavy atom. The number of aryl methyl sites for hydroxylation is 1. The Morgan fingerprint density at radius 2 is 1.70 bits per heavy atom. The van der Waals surface area contributed by atoms with Crippen LogP contribution in [-0.2, 0) is 0 Å². The molecule has 106 valence electrons. The van der Waals surface area contributed by atoms with E-state index in [1.807, 2.05) is 43.3 Å². The molecule has 0 aliphatic carbocycles. The second-order valence-corrected chi connectivity index (χ2v) is 5.51. The van der Waals surface area contributed by atoms with E-state index in [9.17, 15) is 0 Å². The molecule has 0 spiro atoms. The Labute approximate surface area is 127 Å². The van der Waals surface area contributed by atoms with E-state index in [-0.39, 0.29) is 6.04 Å². The number of benzene rings is 2. The molecule has 2 aromatic carbocycles. The highest BCUT2D eigenvalue weighted by molar-refractivity contribution is 9.10. The summed E-state index contributed by atoms with van der Waals surface area (Å²) in [6, 6.07) is 11.6. The van der Waals surface area contributed by atoms with Crippen LogP contribution < -0.4 is 15.2 Å². The van der Waals surface area contributed by atoms with Crippen molar-refractivity contribution < 1.29 is 9.47 Å². The number of nitrogens with two attached hydrogens (primary N) is 1. The fourth-order valence-corrected chi connectivity index (χ4v) is 2.56. The van der Waals surface area contributed by atoms with Gasteiger partial charge in [-0.2, -0.15) is 0 Å². The van der Waals surface area contributed by atoms with Gasteiger partial charge in [-0.05, 0) is 36.2 Å². The zero-order valence-electron chi connectivity index (χ0n) is 11.8. The maximum Gasteiger partial charge on any atom is 0.125 e. The Kier molecular flexibility index (Phi) is 4.68. The third-order valence-corrected chi connectivity index (χ3v) is 3.80. The Hall–Kier alpha value is -1.52. The highest BCUT2D eigenvalue weighted by Gasteiger charge is 2.15. The average molecular weight is 336 g/mol. The lowest BCUT2D eigenvalue weighted by Gasteiger charge is -2.17. The van der Waals surface area contributed by atoms with Crippen LogP contribution in [0.15, 0.2) is 40.9 Å². The van der Waals surface area contributed by atoms with Crippen LogP contribution in [0.1, 0.15) is 22.7 Å². The van der Waals surface area contributed by atoms with E-state index in [0.29, 0.717) is 0 Å². The van der Waals surface area contributed by atoms with Gasteiger partial charge in [0, 0.05) is 10.0 Å². The van der Waals surface area contributed by atoms with E-state index in [1.165, 1.54) is 0 Å². The molecule has 2 rings (SSSR count). The molecule has 0 radical (unpaired) electrons. The van der Waals surface area contributed by atoms with Gasteiger partial charge < -0.3 is 15.2 Å². The third kappa shape index (κ3) is 2.97. The molecule has 4 heteroatoms. The van der Waals surface area contributed by atoms with Gasteiger partial charge in [0.15, 0.2) is 0 Å². The molecule has 0 bridgehead atoms. The predicted octanol–water partition coefficient (Wildman–Crippen LogP) is 3.82. The van der Waals surface area contributed by atoms with Crippen LogP contribution in [-0.4, -0.2) is 14.2 Å². The summed E-state index contributed by atoms with van der Waals surface area (Å²) < 4.78 is 11.7. The van der Waals surface area contributed by atoms with Gasteiger partial charge >= 0.3 is 0 Å². The maximum atomic E-state index is 6.37. The maximum absolute atomic E-state index is 6.37. The molecule has 1 atom stereocenters. The van der Waals surface area contributed by atoms with Crippen LogP contribution in [0.3, 0.4) is 0 Å². The molecular weight excluding hydrogens is 318 g/mol. The fourth-order valence-electron chi connectivity index (χ4n) is 2.22. The molecular formula is C16H18BrNO2. The van der Waals surface area contributed by atoms with E-state index in [4.69, 9.17) is 15.2 Å². The van der Waals surface area contributed by atoms with Gasteiger partial charge in [0.05, 0.1) is 20.3 Å². The molecule has 1 unspecified atom stereocenters. The zero-order valence-corrected chi connectivity index (χ0v) is 13.4. The molecule has 0 amide bonds. The topological polar surface area (TPSA) is 44.5 Å². The first-order valence-corrected chi connectivity index (χ1v) is 7.09. The second-order valence-electron chi connectivity index (χ2n) is 4.59. The first-order valence-electron chi connectivity index (χ1n) is 6.30. The van der Waals surface area contributed by atoms with Crippen LogP contribution in [0.5, 0.6) is 11.5 Å². The molecule has 2 aromatic rings. The zero-order chi connectivity index (χ0) is 14.7. The summed E-state index contributed by atoms with van der Waals surface area (Å²) in [5.41, 5.74) is 9.42. The summed E-state index contributed by atoms with van der Waals surface area (Å²) in [4.78, 5) is 0. The van der Waals surface area contributed by atoms with Gasteiger partial charge in [0.1, 0.15) is 11.5 Å². The molecule has 0 aliphatic heterocycles. The molecule has 0 heterocycles. The summed E-state index contributed by atoms with van der Waals surface area (Å²) in [6.45, 7) is 2.01. The predicted molar refractivity (Wildman–Crippen MR) is 84.5 cm³/mol. The smallest absolute Gasteiger partial charge is 0.125 e. The Balaban J connectivity index is 2.40. The minimum absolute atomic E-state index is 0.234. The first-order chi connectivity index (χ1) is 9.56. The van der Waals surface area contributed by atoms with Crippen LogP contribution in [0.2, 0.25) is 0 Å². The molecule has 0 saturated heterocycles. The second kappa shape index (κ2) is 6.29. The summed E-state index contributed by atoms with van der Waals surface area (Å²) in [5.74, 6) is 1.64. The van der Waals surface area contributed by atoms with Gasteiger partial charge in [0.25, 0.3) is 0 Å². The largest absolute Gasteiger partial charge is 0.496 e. The lowest BCUT2D eigenvalue weighted by molar-refractivity contribution is 0.407. The minimum Gasteiger partial charge on any atom is -0.496 e. The summed E-state index contributed by atoms with van der Waals surface area (Å²) in [6.07, 6.45) is 0. The van der Waals surface area contributed by atoms with E-state index >= 15 is 0 Å². The Bertz CT molecular complexity index is 613. The minimum atomic E-state index is -0.234. The molecule has 2 N–H and O–H groups in total. The molecule has 0 aromatic heterocycles. The van der Waals surface area contributed by atoms with E-state index < -0.39 is 0 Å². The van der Waals surface area contributed by atoms with Gasteiger partial charge in [0.2, 0.25) is 0 Å². The molecule has 0 aliphatic rings. The van der Waals surface area contributed by atoms with Crippen molar-refractivity contribution in [3.05, 3.63) is 57.6 Å². The number of hydrogen-bond donors (Lipinski definition) is 1. The van der Waals surface area contributed by atoms with E-state index in [1.54, 1.807) is 14.2 Å². The van der Waals surface area contributed by atoms with Crippen molar-refractivity contribution >= 4 is 15.9 Å². The number of rotatable bonds is 4. The van der Waals surface area contributed by atoms with Crippen molar-refractivity contribution in [3.63, 3.8) is 0 Å². The highest BCUT2D eigenvalue weighted by Crippen LogP contribution is 2.32. The SMILES string of the molecule is COc1ccc(C(N)c2ccc(Br)cc2OC)cc1C. The summed E-state index contributed by atoms with van der Waals surface area (Å²) in [7, 11) is 3.32. The third-order valence-electron chi connectivity index (χ3n) is 3.31. The molecule has 0 saturated carbocycles. The van der Waals surface area contributed by atoms with Gasteiger partial charge in [-0.25, -0.2) is 0 Å². The number of methoxy groups -OCH3 is 2. The fraction of sp³-hybridized carbons (Fsp3) is 0.250. The first kappa shape index (κ1) is 14.9. The summed E-state index contributed by atoms with van der Waals surface area (Å²) in [5, 5.41) is 0. The number of halogens is 1. The van der Waals surface area contributed by atoms with Crippen LogP contribution in [0, 0.1) is 6.92 Å². The quantitative estimate of drug-likeness (QED) is 0.923. The van der Waals surface area contributed by atoms with Crippen molar-refractivity contribution in [2.24, 2.45) is 5.73 Å². The number of ether oxygens (including phenoxy) is 2. The average Bonchev–Trinajstić information content (AvgIpc) is 2.46. The van der Waals surface area contributed by atoms with E-state index in [0.717, 1.165) is 32.7 Å². The molecule has 0 fully saturated rings. The van der Waals surface area contributed by atoms with E-state index in [2.05, 4.69) is 15.9 Å². The van der Waals surface area contributed by atoms with Gasteiger partial charge in [-0.3, -0.25) is 0 Å². The van der Waals surface area contributed by atoms with Crippen molar-refractivity contribution in [1.29, 1.82) is 0 Å². The van der Waals surface area contributed by atoms with Gasteiger partial charge in [-0.1, -0.05) is 34.1 Å². The van der Waals surface area contributed by atoms with Crippen molar-refractivity contribution in [1.82, 2.24) is 0 Å². The van der Waals surface area contributed by atoms with Crippen molar-refractivity contribution in [3.8, 4) is 11.5 Å². The van der Waals surface area contributed by atoms with Crippen molar-refractivity contribution in [2.75, 3.05) is 14.2 Å². The molecule has 20 heavy (non-hydrogen) atoms. The van der Waals surface area contributed by atoms with Crippen molar-refractivity contribution in [2.45, 2.75) is 13.0 Å². The molecule has 3 nitrogen and oxygen atoms in total.